The van der Waals surface area contributed by atoms with Crippen molar-refractivity contribution in [1.29, 1.82) is 5.26 Å². The van der Waals surface area contributed by atoms with Crippen LogP contribution < -0.4 is 5.32 Å². The average Bonchev–Trinajstić information content (AvgIpc) is 3.49. The maximum absolute atomic E-state index is 12.4. The Kier molecular flexibility index (Phi) is 6.40. The Balaban J connectivity index is 1.45. The van der Waals surface area contributed by atoms with Crippen molar-refractivity contribution in [3.8, 4) is 6.07 Å². The summed E-state index contributed by atoms with van der Waals surface area (Å²) >= 11 is 7.54. The third-order valence-electron chi connectivity index (χ3n) is 5.45. The van der Waals surface area contributed by atoms with Crippen LogP contribution in [0.1, 0.15) is 26.5 Å². The van der Waals surface area contributed by atoms with Gasteiger partial charge in [-0.2, -0.15) is 5.26 Å². The molecular formula is C27H18ClN5OS. The molecule has 1 N–H and O–H groups in total. The van der Waals surface area contributed by atoms with E-state index in [1.807, 2.05) is 60.8 Å². The summed E-state index contributed by atoms with van der Waals surface area (Å²) in [4.78, 5) is 12.4. The third kappa shape index (κ3) is 4.85. The number of halogens is 1. The molecule has 0 radical (unpaired) electrons. The quantitative estimate of drug-likeness (QED) is 0.272. The lowest BCUT2D eigenvalue weighted by atomic mass is 10.1. The summed E-state index contributed by atoms with van der Waals surface area (Å²) in [6.45, 7) is 0.602. The summed E-state index contributed by atoms with van der Waals surface area (Å²) in [5.41, 5.74) is 3.81. The molecule has 5 rings (SSSR count). The van der Waals surface area contributed by atoms with Crippen LogP contribution in [0, 0.1) is 11.3 Å². The number of carbonyl (C=O) groups is 1. The van der Waals surface area contributed by atoms with E-state index in [4.69, 9.17) is 11.6 Å². The van der Waals surface area contributed by atoms with E-state index in [0.717, 1.165) is 33.4 Å². The second-order valence-corrected chi connectivity index (χ2v) is 9.11. The molecule has 5 aromatic rings. The summed E-state index contributed by atoms with van der Waals surface area (Å²) in [7, 11) is 0. The Morgan fingerprint density at radius 3 is 2.57 bits per heavy atom. The van der Waals surface area contributed by atoms with Crippen molar-refractivity contribution in [3.05, 3.63) is 112 Å². The van der Waals surface area contributed by atoms with Crippen LogP contribution in [0.4, 0.5) is 5.13 Å². The summed E-state index contributed by atoms with van der Waals surface area (Å²) < 4.78 is 2.11. The molecule has 35 heavy (non-hydrogen) atoms. The molecule has 0 saturated carbocycles. The minimum absolute atomic E-state index is 0.279. The highest BCUT2D eigenvalue weighted by atomic mass is 35.5. The molecular weight excluding hydrogens is 478 g/mol. The first-order chi connectivity index (χ1) is 17.1. The predicted octanol–water partition coefficient (Wildman–Crippen LogP) is 6.51. The molecule has 0 bridgehead atoms. The molecule has 0 aliphatic heterocycles. The molecule has 0 aliphatic carbocycles. The molecule has 3 aromatic carbocycles. The van der Waals surface area contributed by atoms with E-state index in [1.165, 1.54) is 0 Å². The molecule has 2 aromatic heterocycles. The third-order valence-corrected chi connectivity index (χ3v) is 6.69. The average molecular weight is 496 g/mol. The Morgan fingerprint density at radius 2 is 1.77 bits per heavy atom. The van der Waals surface area contributed by atoms with Gasteiger partial charge in [0.05, 0.1) is 5.57 Å². The van der Waals surface area contributed by atoms with Crippen molar-refractivity contribution in [2.24, 2.45) is 0 Å². The van der Waals surface area contributed by atoms with E-state index in [-0.39, 0.29) is 5.91 Å². The molecule has 6 nitrogen and oxygen atoms in total. The maximum Gasteiger partial charge on any atom is 0.257 e. The van der Waals surface area contributed by atoms with Crippen LogP contribution in [0.25, 0.3) is 22.6 Å². The largest absolute Gasteiger partial charge is 0.342 e. The van der Waals surface area contributed by atoms with Gasteiger partial charge < -0.3 is 4.57 Å². The van der Waals surface area contributed by atoms with Gasteiger partial charge in [-0.05, 0) is 35.9 Å². The van der Waals surface area contributed by atoms with Gasteiger partial charge in [-0.25, -0.2) is 0 Å². The highest BCUT2D eigenvalue weighted by molar-refractivity contribution is 7.16. The highest BCUT2D eigenvalue weighted by Gasteiger charge is 2.15. The van der Waals surface area contributed by atoms with E-state index in [2.05, 4.69) is 26.2 Å². The number of nitrogens with zero attached hydrogens (tertiary/aromatic N) is 4. The molecule has 0 spiro atoms. The van der Waals surface area contributed by atoms with Gasteiger partial charge >= 0.3 is 0 Å². The van der Waals surface area contributed by atoms with Gasteiger partial charge in [0.25, 0.3) is 5.91 Å². The van der Waals surface area contributed by atoms with Crippen LogP contribution in [0.15, 0.2) is 85.1 Å². The topological polar surface area (TPSA) is 83.6 Å². The zero-order valence-electron chi connectivity index (χ0n) is 18.4. The number of nitrogens with one attached hydrogen (secondary N) is 1. The smallest absolute Gasteiger partial charge is 0.257 e. The van der Waals surface area contributed by atoms with Gasteiger partial charge in [-0.1, -0.05) is 77.5 Å². The Labute approximate surface area is 210 Å². The van der Waals surface area contributed by atoms with Gasteiger partial charge in [-0.15, -0.1) is 10.2 Å². The number of fused-ring (bicyclic) bond motifs is 1. The van der Waals surface area contributed by atoms with E-state index < -0.39 is 0 Å². The first kappa shape index (κ1) is 22.5. The molecule has 170 valence electrons. The van der Waals surface area contributed by atoms with Crippen LogP contribution in [-0.4, -0.2) is 20.7 Å². The number of rotatable bonds is 6. The molecule has 0 saturated heterocycles. The number of carbonyl (C=O) groups excluding carboxylic acids is 1. The van der Waals surface area contributed by atoms with Crippen molar-refractivity contribution in [2.45, 2.75) is 6.54 Å². The Bertz CT molecular complexity index is 1600. The number of nitriles is 1. The van der Waals surface area contributed by atoms with Crippen LogP contribution in [0.2, 0.25) is 5.02 Å². The van der Waals surface area contributed by atoms with E-state index in [1.54, 1.807) is 30.3 Å². The predicted molar refractivity (Wildman–Crippen MR) is 140 cm³/mol. The molecule has 0 atom stereocenters. The fraction of sp³-hybridized carbons (Fsp3) is 0.0370. The number of anilines is 1. The lowest BCUT2D eigenvalue weighted by Gasteiger charge is -2.07. The fourth-order valence-electron chi connectivity index (χ4n) is 3.77. The molecule has 0 unspecified atom stereocenters. The molecule has 1 amide bonds. The second-order valence-electron chi connectivity index (χ2n) is 7.72. The van der Waals surface area contributed by atoms with Crippen LogP contribution in [0.3, 0.4) is 0 Å². The lowest BCUT2D eigenvalue weighted by Crippen LogP contribution is -2.11. The van der Waals surface area contributed by atoms with E-state index in [9.17, 15) is 10.1 Å². The monoisotopic (exact) mass is 495 g/mol. The lowest BCUT2D eigenvalue weighted by molar-refractivity contribution is 0.102. The zero-order valence-corrected chi connectivity index (χ0v) is 19.9. The van der Waals surface area contributed by atoms with Gasteiger partial charge in [0.2, 0.25) is 5.13 Å². The minimum atomic E-state index is -0.279. The molecule has 0 aliphatic rings. The molecule has 8 heteroatoms. The van der Waals surface area contributed by atoms with E-state index in [0.29, 0.717) is 32.8 Å². The van der Waals surface area contributed by atoms with E-state index >= 15 is 0 Å². The van der Waals surface area contributed by atoms with Gasteiger partial charge in [0.15, 0.2) is 5.01 Å². The van der Waals surface area contributed by atoms with Crippen molar-refractivity contribution in [1.82, 2.24) is 14.8 Å². The minimum Gasteiger partial charge on any atom is -0.342 e. The summed E-state index contributed by atoms with van der Waals surface area (Å²) in [5.74, 6) is -0.279. The second kappa shape index (κ2) is 9.94. The first-order valence-corrected chi connectivity index (χ1v) is 11.9. The Hall–Kier alpha value is -4.25. The number of hydrogen-bond donors (Lipinski definition) is 1. The number of allylic oxidation sites excluding steroid dienone is 1. The van der Waals surface area contributed by atoms with Crippen LogP contribution in [0.5, 0.6) is 0 Å². The van der Waals surface area contributed by atoms with Crippen molar-refractivity contribution >= 4 is 56.5 Å². The van der Waals surface area contributed by atoms with Crippen molar-refractivity contribution in [2.75, 3.05) is 5.32 Å². The number of aromatic nitrogens is 3. The summed E-state index contributed by atoms with van der Waals surface area (Å²) in [5, 5.41) is 23.3. The molecule has 2 heterocycles. The maximum atomic E-state index is 12.4. The van der Waals surface area contributed by atoms with Gasteiger partial charge in [0, 0.05) is 39.8 Å². The number of para-hydroxylation sites is 1. The standard InChI is InChI=1S/C27H18ClN5OS/c28-23-12-6-4-10-19(23)16-33-17-21(22-11-5-7-13-24(22)33)14-20(15-29)26-31-32-27(35-26)30-25(34)18-8-2-1-3-9-18/h1-14,17H,16H2,(H,30,32,34)/b20-14+. The van der Waals surface area contributed by atoms with Crippen LogP contribution >= 0.6 is 22.9 Å². The normalized spacial score (nSPS) is 11.4. The van der Waals surface area contributed by atoms with Crippen molar-refractivity contribution < 1.29 is 4.79 Å². The SMILES string of the molecule is N#C/C(=C\c1cn(Cc2ccccc2Cl)c2ccccc12)c1nnc(NC(=O)c2ccccc2)s1. The fourth-order valence-corrected chi connectivity index (χ4v) is 4.67. The summed E-state index contributed by atoms with van der Waals surface area (Å²) in [6, 6.07) is 26.8. The van der Waals surface area contributed by atoms with Gasteiger partial charge in [0.1, 0.15) is 6.07 Å². The number of hydrogen-bond acceptors (Lipinski definition) is 5. The van der Waals surface area contributed by atoms with Gasteiger partial charge in [-0.3, -0.25) is 10.1 Å². The van der Waals surface area contributed by atoms with Crippen molar-refractivity contribution in [3.63, 3.8) is 0 Å². The summed E-state index contributed by atoms with van der Waals surface area (Å²) in [6.07, 6.45) is 3.80. The number of amides is 1. The number of benzene rings is 3. The highest BCUT2D eigenvalue weighted by Crippen LogP contribution is 2.29. The zero-order chi connectivity index (χ0) is 24.2. The van der Waals surface area contributed by atoms with Crippen LogP contribution in [-0.2, 0) is 6.54 Å². The molecule has 0 fully saturated rings. The Morgan fingerprint density at radius 1 is 1.03 bits per heavy atom. The first-order valence-electron chi connectivity index (χ1n) is 10.8.